The Labute approximate surface area is 181 Å². The second-order valence-electron chi connectivity index (χ2n) is 7.70. The molecule has 3 N–H and O–H groups in total. The quantitative estimate of drug-likeness (QED) is 0.293. The van der Waals surface area contributed by atoms with Crippen LogP contribution in [0.5, 0.6) is 0 Å². The summed E-state index contributed by atoms with van der Waals surface area (Å²) >= 11 is 0. The van der Waals surface area contributed by atoms with E-state index in [4.69, 9.17) is 7.98 Å². The first-order chi connectivity index (χ1) is 14.9. The third kappa shape index (κ3) is 5.19. The zero-order chi connectivity index (χ0) is 22.4. The SMILES string of the molecule is [B]NCCCCCCCC(=O)Nc1cccc2c1C(=O)N(C1CCC(=O)NC1=O)C2=O. The van der Waals surface area contributed by atoms with Gasteiger partial charge in [-0.1, -0.05) is 25.3 Å². The lowest BCUT2D eigenvalue weighted by Gasteiger charge is -2.27. The molecule has 0 spiro atoms. The predicted octanol–water partition coefficient (Wildman–Crippen LogP) is 1.04. The Morgan fingerprint density at radius 3 is 2.55 bits per heavy atom. The van der Waals surface area contributed by atoms with Crippen molar-refractivity contribution in [3.05, 3.63) is 29.3 Å². The zero-order valence-electron chi connectivity index (χ0n) is 17.2. The highest BCUT2D eigenvalue weighted by atomic mass is 16.2. The minimum atomic E-state index is -1.04. The first-order valence-corrected chi connectivity index (χ1v) is 10.5. The van der Waals surface area contributed by atoms with Gasteiger partial charge in [0.2, 0.25) is 17.7 Å². The normalized spacial score (nSPS) is 18.2. The average Bonchev–Trinajstić information content (AvgIpc) is 2.99. The summed E-state index contributed by atoms with van der Waals surface area (Å²) in [6.45, 7) is 0.766. The Morgan fingerprint density at radius 1 is 1.06 bits per heavy atom. The highest BCUT2D eigenvalue weighted by molar-refractivity contribution is 6.26. The summed E-state index contributed by atoms with van der Waals surface area (Å²) in [5.74, 6) is -2.58. The van der Waals surface area contributed by atoms with E-state index >= 15 is 0 Å². The van der Waals surface area contributed by atoms with Crippen molar-refractivity contribution < 1.29 is 24.0 Å². The fourth-order valence-electron chi connectivity index (χ4n) is 3.87. The summed E-state index contributed by atoms with van der Waals surface area (Å²) in [7, 11) is 5.22. The molecule has 2 aliphatic rings. The fraction of sp³-hybridized carbons (Fsp3) is 0.476. The number of benzene rings is 1. The van der Waals surface area contributed by atoms with Crippen molar-refractivity contribution in [3.63, 3.8) is 0 Å². The molecule has 0 aromatic heterocycles. The predicted molar refractivity (Wildman–Crippen MR) is 113 cm³/mol. The Kier molecular flexibility index (Phi) is 7.57. The van der Waals surface area contributed by atoms with E-state index in [1.165, 1.54) is 6.07 Å². The lowest BCUT2D eigenvalue weighted by Crippen LogP contribution is -2.54. The average molecular weight is 424 g/mol. The van der Waals surface area contributed by atoms with Gasteiger partial charge in [-0.25, -0.2) is 0 Å². The summed E-state index contributed by atoms with van der Waals surface area (Å²) in [6.07, 6.45) is 5.08. The van der Waals surface area contributed by atoms with E-state index in [2.05, 4.69) is 15.9 Å². The number of carbonyl (C=O) groups is 5. The van der Waals surface area contributed by atoms with Crippen LogP contribution in [-0.4, -0.2) is 55.0 Å². The Hall–Kier alpha value is -3.01. The smallest absolute Gasteiger partial charge is 0.264 e. The summed E-state index contributed by atoms with van der Waals surface area (Å²) in [6, 6.07) is 3.60. The third-order valence-corrected chi connectivity index (χ3v) is 5.47. The van der Waals surface area contributed by atoms with Crippen LogP contribution in [0.4, 0.5) is 5.69 Å². The standard InChI is InChI=1S/C21H25BN4O5/c22-23-12-5-3-1-2-4-9-16(27)24-14-8-6-7-13-18(14)21(31)26(20(13)30)15-10-11-17(28)25-19(15)29/h6-8,15,23H,1-5,9-12H2,(H,24,27)(H,25,28,29). The van der Waals surface area contributed by atoms with Crippen LogP contribution < -0.4 is 15.9 Å². The monoisotopic (exact) mass is 424 g/mol. The van der Waals surface area contributed by atoms with Crippen molar-refractivity contribution in [1.82, 2.24) is 15.4 Å². The minimum absolute atomic E-state index is 0.0517. The summed E-state index contributed by atoms with van der Waals surface area (Å²) in [4.78, 5) is 62.6. The molecule has 9 nitrogen and oxygen atoms in total. The number of hydrogen-bond donors (Lipinski definition) is 3. The molecule has 10 heteroatoms. The Bertz CT molecular complexity index is 904. The van der Waals surface area contributed by atoms with E-state index in [1.54, 1.807) is 12.1 Å². The molecule has 2 heterocycles. The molecule has 2 radical (unpaired) electrons. The van der Waals surface area contributed by atoms with Gasteiger partial charge in [0.05, 0.1) is 16.8 Å². The van der Waals surface area contributed by atoms with Gasteiger partial charge >= 0.3 is 0 Å². The van der Waals surface area contributed by atoms with Gasteiger partial charge in [0, 0.05) is 12.8 Å². The highest BCUT2D eigenvalue weighted by Gasteiger charge is 2.45. The van der Waals surface area contributed by atoms with Crippen LogP contribution in [-0.2, 0) is 14.4 Å². The van der Waals surface area contributed by atoms with Crippen molar-refractivity contribution in [2.45, 2.75) is 57.4 Å². The molecule has 1 fully saturated rings. The maximum absolute atomic E-state index is 13.0. The van der Waals surface area contributed by atoms with Gasteiger partial charge < -0.3 is 10.5 Å². The maximum atomic E-state index is 13.0. The molecule has 1 aromatic rings. The molecule has 2 aliphatic heterocycles. The molecule has 0 saturated carbocycles. The summed E-state index contributed by atoms with van der Waals surface area (Å²) in [5.41, 5.74) is 0.477. The van der Waals surface area contributed by atoms with Gasteiger partial charge in [0.25, 0.3) is 11.8 Å². The van der Waals surface area contributed by atoms with Crippen molar-refractivity contribution >= 4 is 43.2 Å². The van der Waals surface area contributed by atoms with Gasteiger partial charge in [0.1, 0.15) is 6.04 Å². The highest BCUT2D eigenvalue weighted by Crippen LogP contribution is 2.32. The molecular weight excluding hydrogens is 399 g/mol. The Morgan fingerprint density at radius 2 is 1.81 bits per heavy atom. The molecule has 3 rings (SSSR count). The topological polar surface area (TPSA) is 125 Å². The van der Waals surface area contributed by atoms with Crippen molar-refractivity contribution in [2.75, 3.05) is 11.9 Å². The third-order valence-electron chi connectivity index (χ3n) is 5.47. The zero-order valence-corrected chi connectivity index (χ0v) is 17.2. The number of piperidine rings is 1. The van der Waals surface area contributed by atoms with Gasteiger partial charge in [-0.05, 0) is 37.9 Å². The van der Waals surface area contributed by atoms with E-state index in [9.17, 15) is 24.0 Å². The first-order valence-electron chi connectivity index (χ1n) is 10.5. The van der Waals surface area contributed by atoms with Gasteiger partial charge in [0.15, 0.2) is 7.98 Å². The molecule has 0 aliphatic carbocycles. The number of amides is 5. The molecule has 31 heavy (non-hydrogen) atoms. The molecule has 1 aromatic carbocycles. The molecule has 162 valence electrons. The first kappa shape index (κ1) is 22.7. The Balaban J connectivity index is 1.62. The number of nitrogens with one attached hydrogen (secondary N) is 3. The molecular formula is C21H25BN4O5. The van der Waals surface area contributed by atoms with Crippen LogP contribution in [0.3, 0.4) is 0 Å². The molecule has 1 unspecified atom stereocenters. The molecule has 0 bridgehead atoms. The summed E-state index contributed by atoms with van der Waals surface area (Å²) in [5, 5.41) is 7.49. The van der Waals surface area contributed by atoms with Crippen LogP contribution in [0.1, 0.15) is 72.1 Å². The second kappa shape index (κ2) is 10.3. The van der Waals surface area contributed by atoms with Gasteiger partial charge in [-0.15, -0.1) is 0 Å². The largest absolute Gasteiger partial charge is 0.366 e. The van der Waals surface area contributed by atoms with Gasteiger partial charge in [-0.3, -0.25) is 34.2 Å². The van der Waals surface area contributed by atoms with Gasteiger partial charge in [-0.2, -0.15) is 0 Å². The minimum Gasteiger partial charge on any atom is -0.366 e. The van der Waals surface area contributed by atoms with Crippen LogP contribution >= 0.6 is 0 Å². The van der Waals surface area contributed by atoms with E-state index in [0.29, 0.717) is 12.8 Å². The van der Waals surface area contributed by atoms with E-state index in [-0.39, 0.29) is 35.6 Å². The van der Waals surface area contributed by atoms with E-state index < -0.39 is 29.7 Å². The lowest BCUT2D eigenvalue weighted by atomic mass is 10.0. The van der Waals surface area contributed by atoms with E-state index in [1.807, 2.05) is 0 Å². The number of nitrogens with zero attached hydrogens (tertiary/aromatic N) is 1. The lowest BCUT2D eigenvalue weighted by molar-refractivity contribution is -0.136. The summed E-state index contributed by atoms with van der Waals surface area (Å²) < 4.78 is 0. The molecule has 1 atom stereocenters. The van der Waals surface area contributed by atoms with Crippen molar-refractivity contribution in [3.8, 4) is 0 Å². The van der Waals surface area contributed by atoms with Crippen molar-refractivity contribution in [1.29, 1.82) is 0 Å². The number of unbranched alkanes of at least 4 members (excludes halogenated alkanes) is 4. The van der Waals surface area contributed by atoms with Crippen LogP contribution in [0.15, 0.2) is 18.2 Å². The number of anilines is 1. The molecule has 5 amide bonds. The van der Waals surface area contributed by atoms with Crippen molar-refractivity contribution in [2.24, 2.45) is 0 Å². The number of fused-ring (bicyclic) bond motifs is 1. The number of hydrogen-bond acceptors (Lipinski definition) is 6. The van der Waals surface area contributed by atoms with Crippen LogP contribution in [0, 0.1) is 0 Å². The van der Waals surface area contributed by atoms with E-state index in [0.717, 1.165) is 37.1 Å². The number of imide groups is 2. The maximum Gasteiger partial charge on any atom is 0.264 e. The molecule has 1 saturated heterocycles. The number of carbonyl (C=O) groups excluding carboxylic acids is 5. The second-order valence-corrected chi connectivity index (χ2v) is 7.70. The fourth-order valence-corrected chi connectivity index (χ4v) is 3.87. The number of rotatable bonds is 10. The van der Waals surface area contributed by atoms with Crippen LogP contribution in [0.25, 0.3) is 0 Å². The van der Waals surface area contributed by atoms with Crippen LogP contribution in [0.2, 0.25) is 0 Å².